The van der Waals surface area contributed by atoms with E-state index < -0.39 is 0 Å². The standard InChI is InChI=1S/C23H20ClIN2O3/c1-2-29-22-13-16(14-26-27-23(28)18-7-9-20(25)10-8-18)6-11-21(22)30-15-17-4-3-5-19(24)12-17/h3-14H,2,15H2,1H3,(H,27,28)/b26-14-. The van der Waals surface area contributed by atoms with E-state index in [2.05, 4.69) is 33.1 Å². The SMILES string of the molecule is CCOc1cc(/C=N\NC(=O)c2ccc(I)cc2)ccc1OCc1cccc(Cl)c1. The molecule has 0 radical (unpaired) electrons. The van der Waals surface area contributed by atoms with Crippen LogP contribution in [0.4, 0.5) is 0 Å². The summed E-state index contributed by atoms with van der Waals surface area (Å²) in [5.74, 6) is 0.957. The van der Waals surface area contributed by atoms with E-state index in [-0.39, 0.29) is 5.91 Å². The van der Waals surface area contributed by atoms with Gasteiger partial charge in [-0.05, 0) is 95.2 Å². The third-order valence-corrected chi connectivity index (χ3v) is 4.99. The van der Waals surface area contributed by atoms with Gasteiger partial charge >= 0.3 is 0 Å². The highest BCUT2D eigenvalue weighted by atomic mass is 127. The monoisotopic (exact) mass is 534 g/mol. The summed E-state index contributed by atoms with van der Waals surface area (Å²) in [6, 6.07) is 20.2. The Morgan fingerprint density at radius 1 is 1.07 bits per heavy atom. The second-order valence-electron chi connectivity index (χ2n) is 6.26. The molecule has 1 N–H and O–H groups in total. The van der Waals surface area contributed by atoms with Gasteiger partial charge in [0.25, 0.3) is 5.91 Å². The first kappa shape index (κ1) is 22.1. The van der Waals surface area contributed by atoms with Crippen molar-refractivity contribution in [3.8, 4) is 11.5 Å². The van der Waals surface area contributed by atoms with Crippen molar-refractivity contribution < 1.29 is 14.3 Å². The van der Waals surface area contributed by atoms with Gasteiger partial charge in [-0.1, -0.05) is 23.7 Å². The molecule has 0 heterocycles. The van der Waals surface area contributed by atoms with Gasteiger partial charge in [0.2, 0.25) is 0 Å². The topological polar surface area (TPSA) is 59.9 Å². The van der Waals surface area contributed by atoms with Gasteiger partial charge in [0.1, 0.15) is 6.61 Å². The number of hydrazone groups is 1. The Bertz CT molecular complexity index is 1040. The minimum Gasteiger partial charge on any atom is -0.490 e. The minimum absolute atomic E-state index is 0.269. The van der Waals surface area contributed by atoms with E-state index in [1.165, 1.54) is 0 Å². The molecule has 3 aromatic carbocycles. The number of carbonyl (C=O) groups excluding carboxylic acids is 1. The van der Waals surface area contributed by atoms with Gasteiger partial charge in [0.05, 0.1) is 12.8 Å². The quantitative estimate of drug-likeness (QED) is 0.230. The number of rotatable bonds is 8. The summed E-state index contributed by atoms with van der Waals surface area (Å²) in [4.78, 5) is 12.1. The fourth-order valence-corrected chi connectivity index (χ4v) is 3.18. The summed E-state index contributed by atoms with van der Waals surface area (Å²) in [5.41, 5.74) is 4.82. The van der Waals surface area contributed by atoms with E-state index in [4.69, 9.17) is 21.1 Å². The van der Waals surface area contributed by atoms with E-state index in [1.807, 2.05) is 61.5 Å². The summed E-state index contributed by atoms with van der Waals surface area (Å²) >= 11 is 8.21. The molecule has 7 heteroatoms. The van der Waals surface area contributed by atoms with Gasteiger partial charge in [-0.2, -0.15) is 5.10 Å². The van der Waals surface area contributed by atoms with Crippen LogP contribution < -0.4 is 14.9 Å². The second kappa shape index (κ2) is 11.0. The maximum absolute atomic E-state index is 12.1. The third kappa shape index (κ3) is 6.47. The largest absolute Gasteiger partial charge is 0.490 e. The highest BCUT2D eigenvalue weighted by Crippen LogP contribution is 2.29. The van der Waals surface area contributed by atoms with E-state index in [0.29, 0.717) is 35.3 Å². The third-order valence-electron chi connectivity index (χ3n) is 4.04. The molecular formula is C23H20ClIN2O3. The van der Waals surface area contributed by atoms with Crippen LogP contribution in [0.1, 0.15) is 28.4 Å². The Morgan fingerprint density at radius 2 is 1.87 bits per heavy atom. The van der Waals surface area contributed by atoms with E-state index in [9.17, 15) is 4.79 Å². The molecule has 0 saturated heterocycles. The highest BCUT2D eigenvalue weighted by Gasteiger charge is 2.07. The van der Waals surface area contributed by atoms with Crippen LogP contribution in [-0.2, 0) is 6.61 Å². The first-order valence-corrected chi connectivity index (χ1v) is 10.7. The predicted molar refractivity (Wildman–Crippen MR) is 128 cm³/mol. The van der Waals surface area contributed by atoms with Crippen LogP contribution in [0.2, 0.25) is 5.02 Å². The lowest BCUT2D eigenvalue weighted by molar-refractivity contribution is 0.0955. The van der Waals surface area contributed by atoms with Crippen molar-refractivity contribution in [2.24, 2.45) is 5.10 Å². The van der Waals surface area contributed by atoms with Crippen molar-refractivity contribution in [1.82, 2.24) is 5.43 Å². The lowest BCUT2D eigenvalue weighted by atomic mass is 10.2. The lowest BCUT2D eigenvalue weighted by Gasteiger charge is -2.12. The number of nitrogens with one attached hydrogen (secondary N) is 1. The zero-order chi connectivity index (χ0) is 21.3. The summed E-state index contributed by atoms with van der Waals surface area (Å²) in [5, 5.41) is 4.70. The molecule has 5 nitrogen and oxygen atoms in total. The highest BCUT2D eigenvalue weighted by molar-refractivity contribution is 14.1. The molecule has 0 aliphatic carbocycles. The van der Waals surface area contributed by atoms with Crippen LogP contribution >= 0.6 is 34.2 Å². The Labute approximate surface area is 194 Å². The maximum atomic E-state index is 12.1. The molecule has 0 spiro atoms. The molecule has 0 bridgehead atoms. The maximum Gasteiger partial charge on any atom is 0.271 e. The average molecular weight is 535 g/mol. The van der Waals surface area contributed by atoms with Crippen molar-refractivity contribution in [3.63, 3.8) is 0 Å². The predicted octanol–water partition coefficient (Wildman–Crippen LogP) is 5.69. The number of benzene rings is 3. The van der Waals surface area contributed by atoms with Crippen molar-refractivity contribution in [1.29, 1.82) is 0 Å². The van der Waals surface area contributed by atoms with Crippen LogP contribution in [0.5, 0.6) is 11.5 Å². The molecule has 3 rings (SSSR count). The fraction of sp³-hybridized carbons (Fsp3) is 0.130. The second-order valence-corrected chi connectivity index (χ2v) is 7.95. The van der Waals surface area contributed by atoms with E-state index in [0.717, 1.165) is 14.7 Å². The van der Waals surface area contributed by atoms with Gasteiger partial charge < -0.3 is 9.47 Å². The van der Waals surface area contributed by atoms with E-state index >= 15 is 0 Å². The Hall–Kier alpha value is -2.58. The summed E-state index contributed by atoms with van der Waals surface area (Å²) in [6.45, 7) is 2.78. The molecule has 3 aromatic rings. The molecule has 0 unspecified atom stereocenters. The first-order chi connectivity index (χ1) is 14.5. The molecule has 0 fully saturated rings. The Morgan fingerprint density at radius 3 is 2.60 bits per heavy atom. The van der Waals surface area contributed by atoms with Crippen LogP contribution in [0.3, 0.4) is 0 Å². The van der Waals surface area contributed by atoms with E-state index in [1.54, 1.807) is 18.3 Å². The summed E-state index contributed by atoms with van der Waals surface area (Å²) in [6.07, 6.45) is 1.56. The fourth-order valence-electron chi connectivity index (χ4n) is 2.61. The number of nitrogens with zero attached hydrogens (tertiary/aromatic N) is 1. The van der Waals surface area contributed by atoms with Crippen LogP contribution in [-0.4, -0.2) is 18.7 Å². The molecular weight excluding hydrogens is 515 g/mol. The van der Waals surface area contributed by atoms with Crippen LogP contribution in [0.25, 0.3) is 0 Å². The molecule has 154 valence electrons. The molecule has 0 aliphatic rings. The van der Waals surface area contributed by atoms with Crippen molar-refractivity contribution in [3.05, 3.63) is 92.0 Å². The number of hydrogen-bond acceptors (Lipinski definition) is 4. The van der Waals surface area contributed by atoms with Crippen molar-refractivity contribution in [2.45, 2.75) is 13.5 Å². The van der Waals surface area contributed by atoms with Crippen LogP contribution in [0, 0.1) is 3.57 Å². The first-order valence-electron chi connectivity index (χ1n) is 9.28. The molecule has 0 aromatic heterocycles. The number of halogens is 2. The zero-order valence-electron chi connectivity index (χ0n) is 16.3. The summed E-state index contributed by atoms with van der Waals surface area (Å²) in [7, 11) is 0. The van der Waals surface area contributed by atoms with Crippen molar-refractivity contribution >= 4 is 46.3 Å². The van der Waals surface area contributed by atoms with Gasteiger partial charge in [-0.15, -0.1) is 0 Å². The molecule has 0 atom stereocenters. The number of amides is 1. The smallest absolute Gasteiger partial charge is 0.271 e. The van der Waals surface area contributed by atoms with Gasteiger partial charge in [0, 0.05) is 14.2 Å². The van der Waals surface area contributed by atoms with Crippen molar-refractivity contribution in [2.75, 3.05) is 6.61 Å². The Kier molecular flexibility index (Phi) is 8.10. The average Bonchev–Trinajstić information content (AvgIpc) is 2.74. The van der Waals surface area contributed by atoms with Crippen LogP contribution in [0.15, 0.2) is 71.8 Å². The normalized spacial score (nSPS) is 10.8. The number of ether oxygens (including phenoxy) is 2. The van der Waals surface area contributed by atoms with Gasteiger partial charge in [-0.3, -0.25) is 4.79 Å². The molecule has 0 saturated carbocycles. The molecule has 1 amide bonds. The van der Waals surface area contributed by atoms with Gasteiger partial charge in [-0.25, -0.2) is 5.43 Å². The zero-order valence-corrected chi connectivity index (χ0v) is 19.2. The number of hydrogen-bond donors (Lipinski definition) is 1. The summed E-state index contributed by atoms with van der Waals surface area (Å²) < 4.78 is 12.7. The Balaban J connectivity index is 1.65. The lowest BCUT2D eigenvalue weighted by Crippen LogP contribution is -2.17. The number of carbonyl (C=O) groups is 1. The minimum atomic E-state index is -0.269. The van der Waals surface area contributed by atoms with Gasteiger partial charge in [0.15, 0.2) is 11.5 Å². The molecule has 30 heavy (non-hydrogen) atoms. The molecule has 0 aliphatic heterocycles.